The molecule has 1 amide bonds. The van der Waals surface area contributed by atoms with Crippen LogP contribution >= 0.6 is 24.0 Å². The Morgan fingerprint density at radius 1 is 1.11 bits per heavy atom. The van der Waals surface area contributed by atoms with Gasteiger partial charge < -0.3 is 4.57 Å². The van der Waals surface area contributed by atoms with E-state index in [1.54, 1.807) is 4.90 Å². The van der Waals surface area contributed by atoms with Crippen LogP contribution in [0.3, 0.4) is 0 Å². The molecule has 27 heavy (non-hydrogen) atoms. The zero-order chi connectivity index (χ0) is 19.1. The average molecular weight is 393 g/mol. The SMILES string of the molecule is CCN1C(=O)C(=Cc2cc(C)n(-c3cccc4ccccc34)c2C)SC1=S. The number of likely N-dealkylation sites (N-methyl/N-ethyl adjacent to an activating group) is 1. The molecule has 4 rings (SSSR count). The van der Waals surface area contributed by atoms with Crippen LogP contribution < -0.4 is 0 Å². The smallest absolute Gasteiger partial charge is 0.266 e. The average Bonchev–Trinajstić information content (AvgIpc) is 3.09. The molecule has 0 aliphatic carbocycles. The highest BCUT2D eigenvalue weighted by atomic mass is 32.2. The van der Waals surface area contributed by atoms with Gasteiger partial charge in [0.05, 0.1) is 10.6 Å². The van der Waals surface area contributed by atoms with Gasteiger partial charge in [0.25, 0.3) is 5.91 Å². The number of carbonyl (C=O) groups excluding carboxylic acids is 1. The second kappa shape index (κ2) is 6.98. The minimum atomic E-state index is 0.00228. The van der Waals surface area contributed by atoms with Gasteiger partial charge in [0, 0.05) is 23.3 Å². The van der Waals surface area contributed by atoms with Crippen molar-refractivity contribution < 1.29 is 4.79 Å². The van der Waals surface area contributed by atoms with Crippen LogP contribution in [0.1, 0.15) is 23.9 Å². The summed E-state index contributed by atoms with van der Waals surface area (Å²) >= 11 is 6.71. The topological polar surface area (TPSA) is 25.2 Å². The van der Waals surface area contributed by atoms with Gasteiger partial charge in [-0.1, -0.05) is 60.4 Å². The van der Waals surface area contributed by atoms with Crippen LogP contribution in [0.25, 0.3) is 22.5 Å². The largest absolute Gasteiger partial charge is 0.317 e. The van der Waals surface area contributed by atoms with Crippen molar-refractivity contribution >= 4 is 51.1 Å². The minimum absolute atomic E-state index is 0.00228. The summed E-state index contributed by atoms with van der Waals surface area (Å²) < 4.78 is 2.89. The van der Waals surface area contributed by atoms with E-state index in [0.29, 0.717) is 15.8 Å². The Morgan fingerprint density at radius 3 is 2.59 bits per heavy atom. The maximum Gasteiger partial charge on any atom is 0.266 e. The summed E-state index contributed by atoms with van der Waals surface area (Å²) in [5.74, 6) is 0.00228. The molecule has 0 radical (unpaired) electrons. The Hall–Kier alpha value is -2.37. The summed E-state index contributed by atoms with van der Waals surface area (Å²) in [6, 6.07) is 16.9. The first kappa shape index (κ1) is 18.0. The van der Waals surface area contributed by atoms with Crippen LogP contribution in [0.4, 0.5) is 0 Å². The van der Waals surface area contributed by atoms with E-state index < -0.39 is 0 Å². The van der Waals surface area contributed by atoms with Crippen LogP contribution in [-0.2, 0) is 4.79 Å². The number of thioether (sulfide) groups is 1. The minimum Gasteiger partial charge on any atom is -0.317 e. The van der Waals surface area contributed by atoms with Crippen molar-refractivity contribution in [2.45, 2.75) is 20.8 Å². The first-order chi connectivity index (χ1) is 13.0. The van der Waals surface area contributed by atoms with E-state index >= 15 is 0 Å². The van der Waals surface area contributed by atoms with Crippen LogP contribution in [0, 0.1) is 13.8 Å². The lowest BCUT2D eigenvalue weighted by Gasteiger charge is -2.13. The predicted molar refractivity (Wildman–Crippen MR) is 118 cm³/mol. The molecule has 5 heteroatoms. The number of rotatable bonds is 3. The van der Waals surface area contributed by atoms with E-state index in [1.807, 2.05) is 13.0 Å². The predicted octanol–water partition coefficient (Wildman–Crippen LogP) is 5.47. The molecule has 3 nitrogen and oxygen atoms in total. The second-order valence-electron chi connectivity index (χ2n) is 6.59. The lowest BCUT2D eigenvalue weighted by Crippen LogP contribution is -2.27. The van der Waals surface area contributed by atoms with Gasteiger partial charge in [0.2, 0.25) is 0 Å². The first-order valence-corrected chi connectivity index (χ1v) is 10.2. The Balaban J connectivity index is 1.83. The fraction of sp³-hybridized carbons (Fsp3) is 0.182. The second-order valence-corrected chi connectivity index (χ2v) is 8.26. The highest BCUT2D eigenvalue weighted by molar-refractivity contribution is 8.26. The van der Waals surface area contributed by atoms with Crippen LogP contribution in [0.15, 0.2) is 53.4 Å². The maximum absolute atomic E-state index is 12.5. The zero-order valence-corrected chi connectivity index (χ0v) is 17.2. The standard InChI is InChI=1S/C22H20N2OS2/c1-4-23-21(25)20(27-22(23)26)13-17-12-14(2)24(15(17)3)19-11-7-9-16-8-5-6-10-18(16)19/h5-13H,4H2,1-3H3. The van der Waals surface area contributed by atoms with Gasteiger partial charge in [0.1, 0.15) is 4.32 Å². The summed E-state index contributed by atoms with van der Waals surface area (Å²) in [6.45, 7) is 6.75. The van der Waals surface area contributed by atoms with E-state index in [-0.39, 0.29) is 5.91 Å². The fourth-order valence-corrected chi connectivity index (χ4v) is 5.00. The maximum atomic E-state index is 12.5. The normalized spacial score (nSPS) is 16.1. The molecule has 0 saturated carbocycles. The van der Waals surface area contributed by atoms with E-state index in [1.165, 1.54) is 22.5 Å². The number of hydrogen-bond acceptors (Lipinski definition) is 3. The number of aromatic nitrogens is 1. The molecule has 0 bridgehead atoms. The van der Waals surface area contributed by atoms with Crippen molar-refractivity contribution in [2.75, 3.05) is 6.54 Å². The number of thiocarbonyl (C=S) groups is 1. The summed E-state index contributed by atoms with van der Waals surface area (Å²) in [5.41, 5.74) is 4.47. The molecule has 0 unspecified atom stereocenters. The summed E-state index contributed by atoms with van der Waals surface area (Å²) in [5, 5.41) is 2.43. The van der Waals surface area contributed by atoms with Crippen molar-refractivity contribution in [1.82, 2.24) is 9.47 Å². The number of aryl methyl sites for hydroxylation is 1. The fourth-order valence-electron chi connectivity index (χ4n) is 3.62. The Morgan fingerprint density at radius 2 is 1.85 bits per heavy atom. The molecule has 0 atom stereocenters. The number of amides is 1. The van der Waals surface area contributed by atoms with Gasteiger partial charge in [0.15, 0.2) is 0 Å². The third kappa shape index (κ3) is 3.01. The molecule has 1 aromatic heterocycles. The van der Waals surface area contributed by atoms with Crippen molar-refractivity contribution in [3.63, 3.8) is 0 Å². The van der Waals surface area contributed by atoms with E-state index in [9.17, 15) is 4.79 Å². The van der Waals surface area contributed by atoms with Gasteiger partial charge in [-0.15, -0.1) is 0 Å². The van der Waals surface area contributed by atoms with Crippen LogP contribution in [-0.4, -0.2) is 26.2 Å². The molecule has 2 aromatic carbocycles. The number of carbonyl (C=O) groups is 1. The Bertz CT molecular complexity index is 1110. The Labute approximate surface area is 168 Å². The Kier molecular flexibility index (Phi) is 4.66. The molecule has 1 saturated heterocycles. The summed E-state index contributed by atoms with van der Waals surface area (Å²) in [4.78, 5) is 14.9. The summed E-state index contributed by atoms with van der Waals surface area (Å²) in [7, 11) is 0. The molecule has 1 aliphatic rings. The third-order valence-corrected chi connectivity index (χ3v) is 6.33. The molecule has 1 aliphatic heterocycles. The summed E-state index contributed by atoms with van der Waals surface area (Å²) in [6.07, 6.45) is 1.97. The molecular formula is C22H20N2OS2. The van der Waals surface area contributed by atoms with Crippen molar-refractivity contribution in [3.05, 3.63) is 70.4 Å². The lowest BCUT2D eigenvalue weighted by atomic mass is 10.1. The molecule has 0 N–H and O–H groups in total. The molecule has 3 aromatic rings. The molecule has 0 spiro atoms. The van der Waals surface area contributed by atoms with E-state index in [4.69, 9.17) is 12.2 Å². The van der Waals surface area contributed by atoms with Gasteiger partial charge in [-0.05, 0) is 49.9 Å². The lowest BCUT2D eigenvalue weighted by molar-refractivity contribution is -0.121. The first-order valence-electron chi connectivity index (χ1n) is 8.93. The number of hydrogen-bond donors (Lipinski definition) is 0. The molecule has 2 heterocycles. The molecular weight excluding hydrogens is 372 g/mol. The zero-order valence-electron chi connectivity index (χ0n) is 15.5. The third-order valence-electron chi connectivity index (χ3n) is 4.95. The molecule has 136 valence electrons. The van der Waals surface area contributed by atoms with Gasteiger partial charge in [-0.3, -0.25) is 9.69 Å². The van der Waals surface area contributed by atoms with Gasteiger partial charge >= 0.3 is 0 Å². The number of benzene rings is 2. The molecule has 1 fully saturated rings. The van der Waals surface area contributed by atoms with Crippen LogP contribution in [0.2, 0.25) is 0 Å². The number of fused-ring (bicyclic) bond motifs is 1. The van der Waals surface area contributed by atoms with Crippen molar-refractivity contribution in [3.8, 4) is 5.69 Å². The van der Waals surface area contributed by atoms with Crippen molar-refractivity contribution in [1.29, 1.82) is 0 Å². The van der Waals surface area contributed by atoms with E-state index in [0.717, 1.165) is 22.6 Å². The van der Waals surface area contributed by atoms with Gasteiger partial charge in [-0.2, -0.15) is 0 Å². The monoisotopic (exact) mass is 392 g/mol. The van der Waals surface area contributed by atoms with Gasteiger partial charge in [-0.25, -0.2) is 0 Å². The highest BCUT2D eigenvalue weighted by Crippen LogP contribution is 2.34. The van der Waals surface area contributed by atoms with E-state index in [2.05, 4.69) is 66.9 Å². The highest BCUT2D eigenvalue weighted by Gasteiger charge is 2.31. The van der Waals surface area contributed by atoms with Crippen LogP contribution in [0.5, 0.6) is 0 Å². The number of nitrogens with zero attached hydrogens (tertiary/aromatic N) is 2. The quantitative estimate of drug-likeness (QED) is 0.437. The van der Waals surface area contributed by atoms with Crippen molar-refractivity contribution in [2.24, 2.45) is 0 Å².